The third-order valence-electron chi connectivity index (χ3n) is 2.52. The molecule has 0 saturated carbocycles. The van der Waals surface area contributed by atoms with Crippen molar-refractivity contribution >= 4 is 11.6 Å². The SMILES string of the molecule is Cc1c(Cl)ncnc1OCc1ccc(C#N)cc1F. The molecule has 96 valence electrons. The van der Waals surface area contributed by atoms with Crippen LogP contribution in [0.1, 0.15) is 16.7 Å². The Bertz CT molecular complexity index is 655. The topological polar surface area (TPSA) is 58.8 Å². The molecule has 0 unspecified atom stereocenters. The van der Waals surface area contributed by atoms with Crippen LogP contribution in [0.2, 0.25) is 5.15 Å². The number of nitrogens with zero attached hydrogens (tertiary/aromatic N) is 3. The Kier molecular flexibility index (Phi) is 3.93. The first-order valence-corrected chi connectivity index (χ1v) is 5.78. The summed E-state index contributed by atoms with van der Waals surface area (Å²) in [5.74, 6) is -0.180. The van der Waals surface area contributed by atoms with Gasteiger partial charge < -0.3 is 4.74 Å². The van der Waals surface area contributed by atoms with Gasteiger partial charge in [0.15, 0.2) is 0 Å². The molecule has 0 aliphatic rings. The van der Waals surface area contributed by atoms with E-state index in [0.29, 0.717) is 22.2 Å². The highest BCUT2D eigenvalue weighted by molar-refractivity contribution is 6.30. The van der Waals surface area contributed by atoms with Crippen molar-refractivity contribution in [2.24, 2.45) is 0 Å². The van der Waals surface area contributed by atoms with E-state index in [1.54, 1.807) is 6.92 Å². The highest BCUT2D eigenvalue weighted by Crippen LogP contribution is 2.21. The lowest BCUT2D eigenvalue weighted by Gasteiger charge is -2.08. The normalized spacial score (nSPS) is 10.0. The Morgan fingerprint density at radius 2 is 2.21 bits per heavy atom. The molecule has 0 saturated heterocycles. The number of rotatable bonds is 3. The number of ether oxygens (including phenoxy) is 1. The summed E-state index contributed by atoms with van der Waals surface area (Å²) in [6.07, 6.45) is 1.28. The summed E-state index contributed by atoms with van der Waals surface area (Å²) in [6, 6.07) is 6.07. The lowest BCUT2D eigenvalue weighted by atomic mass is 10.1. The van der Waals surface area contributed by atoms with Crippen molar-refractivity contribution in [3.05, 3.63) is 52.2 Å². The molecule has 0 radical (unpaired) electrons. The van der Waals surface area contributed by atoms with Crippen molar-refractivity contribution in [2.45, 2.75) is 13.5 Å². The molecular weight excluding hydrogens is 269 g/mol. The van der Waals surface area contributed by atoms with Crippen molar-refractivity contribution in [3.63, 3.8) is 0 Å². The van der Waals surface area contributed by atoms with E-state index in [9.17, 15) is 4.39 Å². The number of hydrogen-bond donors (Lipinski definition) is 0. The van der Waals surface area contributed by atoms with Crippen molar-refractivity contribution < 1.29 is 9.13 Å². The van der Waals surface area contributed by atoms with Gasteiger partial charge in [-0.25, -0.2) is 14.4 Å². The summed E-state index contributed by atoms with van der Waals surface area (Å²) < 4.78 is 19.0. The van der Waals surface area contributed by atoms with Crippen molar-refractivity contribution in [1.29, 1.82) is 5.26 Å². The molecule has 1 aromatic carbocycles. The van der Waals surface area contributed by atoms with Gasteiger partial charge in [-0.2, -0.15) is 5.26 Å². The average Bonchev–Trinajstić information content (AvgIpc) is 2.41. The van der Waals surface area contributed by atoms with Gasteiger partial charge in [-0.3, -0.25) is 0 Å². The smallest absolute Gasteiger partial charge is 0.221 e. The zero-order valence-electron chi connectivity index (χ0n) is 10.0. The van der Waals surface area contributed by atoms with E-state index in [1.165, 1.54) is 24.5 Å². The fraction of sp³-hybridized carbons (Fsp3) is 0.154. The molecule has 19 heavy (non-hydrogen) atoms. The maximum Gasteiger partial charge on any atom is 0.221 e. The Morgan fingerprint density at radius 1 is 1.42 bits per heavy atom. The molecule has 2 rings (SSSR count). The first kappa shape index (κ1) is 13.2. The number of hydrogen-bond acceptors (Lipinski definition) is 4. The molecule has 6 heteroatoms. The van der Waals surface area contributed by atoms with Crippen molar-refractivity contribution in [1.82, 2.24) is 9.97 Å². The first-order valence-electron chi connectivity index (χ1n) is 5.40. The van der Waals surface area contributed by atoms with E-state index in [0.717, 1.165) is 0 Å². The largest absolute Gasteiger partial charge is 0.472 e. The van der Waals surface area contributed by atoms with Crippen LogP contribution in [0.15, 0.2) is 24.5 Å². The summed E-state index contributed by atoms with van der Waals surface area (Å²) in [5, 5.41) is 8.94. The van der Waals surface area contributed by atoms with Gasteiger partial charge in [0.25, 0.3) is 0 Å². The average molecular weight is 278 g/mol. The van der Waals surface area contributed by atoms with Gasteiger partial charge in [0.1, 0.15) is 23.9 Å². The predicted octanol–water partition coefficient (Wildman–Crippen LogP) is 3.03. The van der Waals surface area contributed by atoms with Crippen molar-refractivity contribution in [2.75, 3.05) is 0 Å². The second-order valence-corrected chi connectivity index (χ2v) is 4.16. The molecule has 1 aromatic heterocycles. The molecule has 0 amide bonds. The molecule has 0 aliphatic carbocycles. The number of nitriles is 1. The van der Waals surface area contributed by atoms with Gasteiger partial charge in [0.05, 0.1) is 11.6 Å². The zero-order chi connectivity index (χ0) is 13.8. The molecule has 0 spiro atoms. The van der Waals surface area contributed by atoms with Crippen LogP contribution in [-0.4, -0.2) is 9.97 Å². The monoisotopic (exact) mass is 277 g/mol. The van der Waals surface area contributed by atoms with Gasteiger partial charge in [-0.1, -0.05) is 17.7 Å². The fourth-order valence-corrected chi connectivity index (χ4v) is 1.56. The second-order valence-electron chi connectivity index (χ2n) is 3.80. The Balaban J connectivity index is 2.15. The van der Waals surface area contributed by atoms with Gasteiger partial charge >= 0.3 is 0 Å². The molecule has 0 N–H and O–H groups in total. The van der Waals surface area contributed by atoms with E-state index >= 15 is 0 Å². The summed E-state index contributed by atoms with van der Waals surface area (Å²) in [7, 11) is 0. The minimum absolute atomic E-state index is 0.00568. The minimum Gasteiger partial charge on any atom is -0.472 e. The second kappa shape index (κ2) is 5.63. The van der Waals surface area contributed by atoms with Gasteiger partial charge in [-0.15, -0.1) is 0 Å². The summed E-state index contributed by atoms with van der Waals surface area (Å²) >= 11 is 5.83. The first-order chi connectivity index (χ1) is 9.11. The quantitative estimate of drug-likeness (QED) is 0.809. The summed E-state index contributed by atoms with van der Waals surface area (Å²) in [6.45, 7) is 1.72. The van der Waals surface area contributed by atoms with Crippen LogP contribution in [0, 0.1) is 24.1 Å². The Labute approximate surface area is 114 Å². The van der Waals surface area contributed by atoms with Gasteiger partial charge in [0.2, 0.25) is 5.88 Å². The fourth-order valence-electron chi connectivity index (χ4n) is 1.44. The summed E-state index contributed by atoms with van der Waals surface area (Å²) in [5.41, 5.74) is 1.20. The van der Waals surface area contributed by atoms with E-state index < -0.39 is 5.82 Å². The standard InChI is InChI=1S/C13H9ClFN3O/c1-8-12(14)17-7-18-13(8)19-6-10-3-2-9(5-16)4-11(10)15/h2-4,7H,6H2,1H3. The molecule has 4 nitrogen and oxygen atoms in total. The maximum absolute atomic E-state index is 13.6. The predicted molar refractivity (Wildman–Crippen MR) is 67.2 cm³/mol. The molecule has 0 aliphatic heterocycles. The van der Waals surface area contributed by atoms with E-state index in [2.05, 4.69) is 9.97 Å². The lowest BCUT2D eigenvalue weighted by Crippen LogP contribution is -2.02. The maximum atomic E-state index is 13.6. The van der Waals surface area contributed by atoms with E-state index in [4.69, 9.17) is 21.6 Å². The highest BCUT2D eigenvalue weighted by atomic mass is 35.5. The zero-order valence-corrected chi connectivity index (χ0v) is 10.8. The highest BCUT2D eigenvalue weighted by Gasteiger charge is 2.09. The lowest BCUT2D eigenvalue weighted by molar-refractivity contribution is 0.285. The van der Waals surface area contributed by atoms with Gasteiger partial charge in [0, 0.05) is 11.1 Å². The van der Waals surface area contributed by atoms with Crippen LogP contribution < -0.4 is 4.74 Å². The molecule has 2 aromatic rings. The van der Waals surface area contributed by atoms with Crippen LogP contribution in [0.3, 0.4) is 0 Å². The van der Waals surface area contributed by atoms with E-state index in [1.807, 2.05) is 6.07 Å². The molecule has 1 heterocycles. The molecule has 0 atom stereocenters. The summed E-state index contributed by atoms with van der Waals surface area (Å²) in [4.78, 5) is 7.72. The van der Waals surface area contributed by atoms with Crippen LogP contribution in [0.4, 0.5) is 4.39 Å². The van der Waals surface area contributed by atoms with Crippen LogP contribution in [0.25, 0.3) is 0 Å². The Hall–Kier alpha value is -2.19. The molecular formula is C13H9ClFN3O. The third-order valence-corrected chi connectivity index (χ3v) is 2.90. The van der Waals surface area contributed by atoms with E-state index in [-0.39, 0.29) is 12.2 Å². The van der Waals surface area contributed by atoms with Crippen LogP contribution in [0.5, 0.6) is 5.88 Å². The minimum atomic E-state index is -0.489. The number of aromatic nitrogens is 2. The third kappa shape index (κ3) is 2.98. The molecule has 0 fully saturated rings. The molecule has 0 bridgehead atoms. The Morgan fingerprint density at radius 3 is 2.89 bits per heavy atom. The van der Waals surface area contributed by atoms with Crippen LogP contribution in [-0.2, 0) is 6.61 Å². The van der Waals surface area contributed by atoms with Crippen molar-refractivity contribution in [3.8, 4) is 11.9 Å². The number of benzene rings is 1. The number of halogens is 2. The van der Waals surface area contributed by atoms with Gasteiger partial charge in [-0.05, 0) is 19.1 Å². The van der Waals surface area contributed by atoms with Crippen LogP contribution >= 0.6 is 11.6 Å².